The van der Waals surface area contributed by atoms with Crippen LogP contribution in [0.25, 0.3) is 0 Å². The molecule has 3 aromatic rings. The lowest BCUT2D eigenvalue weighted by atomic mass is 9.99. The lowest BCUT2D eigenvalue weighted by Crippen LogP contribution is -2.33. The third kappa shape index (κ3) is 6.81. The predicted molar refractivity (Wildman–Crippen MR) is 145 cm³/mol. The third-order valence-electron chi connectivity index (χ3n) is 6.44. The van der Waals surface area contributed by atoms with Gasteiger partial charge in [-0.15, -0.1) is 0 Å². The van der Waals surface area contributed by atoms with Crippen molar-refractivity contribution in [3.05, 3.63) is 77.9 Å². The minimum absolute atomic E-state index is 0.0553. The number of sulfonamides is 1. The van der Waals surface area contributed by atoms with Gasteiger partial charge in [-0.2, -0.15) is 0 Å². The Kier molecular flexibility index (Phi) is 8.35. The van der Waals surface area contributed by atoms with Gasteiger partial charge in [-0.05, 0) is 79.4 Å². The van der Waals surface area contributed by atoms with E-state index >= 15 is 0 Å². The normalized spacial score (nSPS) is 16.1. The monoisotopic (exact) mass is 523 g/mol. The molecule has 0 saturated carbocycles. The van der Waals surface area contributed by atoms with Gasteiger partial charge >= 0.3 is 0 Å². The summed E-state index contributed by atoms with van der Waals surface area (Å²) >= 11 is 0. The molecule has 1 saturated heterocycles. The van der Waals surface area contributed by atoms with Gasteiger partial charge < -0.3 is 14.8 Å². The summed E-state index contributed by atoms with van der Waals surface area (Å²) in [5.41, 5.74) is 2.51. The molecule has 1 amide bonds. The average Bonchev–Trinajstić information content (AvgIpc) is 2.89. The highest BCUT2D eigenvalue weighted by molar-refractivity contribution is 7.92. The Morgan fingerprint density at radius 2 is 1.73 bits per heavy atom. The summed E-state index contributed by atoms with van der Waals surface area (Å²) in [4.78, 5) is 15.2. The van der Waals surface area contributed by atoms with Crippen LogP contribution in [0.2, 0.25) is 0 Å². The molecule has 1 aliphatic heterocycles. The van der Waals surface area contributed by atoms with E-state index in [-0.39, 0.29) is 10.8 Å². The first-order chi connectivity index (χ1) is 17.8. The number of piperidine rings is 1. The summed E-state index contributed by atoms with van der Waals surface area (Å²) in [6.07, 6.45) is 2.52. The van der Waals surface area contributed by atoms with Gasteiger partial charge in [0.25, 0.3) is 15.9 Å². The summed E-state index contributed by atoms with van der Waals surface area (Å²) < 4.78 is 38.7. The number of benzene rings is 3. The molecule has 3 aromatic carbocycles. The fourth-order valence-electron chi connectivity index (χ4n) is 4.46. The molecule has 196 valence electrons. The maximum atomic E-state index is 12.9. The van der Waals surface area contributed by atoms with Gasteiger partial charge in [0.15, 0.2) is 0 Å². The van der Waals surface area contributed by atoms with Gasteiger partial charge in [-0.3, -0.25) is 14.4 Å². The SMILES string of the molecule is COc1ccc(NS(=O)(=O)c2ccc(NC(=O)c3ccc(CN4CCC[C@@H](C)C4)cc3)cc2)c(OC)c1. The first-order valence-electron chi connectivity index (χ1n) is 12.2. The molecular formula is C28H33N3O5S. The Bertz CT molecular complexity index is 1320. The maximum absolute atomic E-state index is 12.9. The summed E-state index contributed by atoms with van der Waals surface area (Å²) in [6.45, 7) is 5.40. The molecule has 0 radical (unpaired) electrons. The van der Waals surface area contributed by atoms with E-state index in [1.54, 1.807) is 30.3 Å². The molecule has 0 aliphatic carbocycles. The standard InChI is InChI=1S/C28H33N3O5S/c1-20-5-4-16-31(18-20)19-21-6-8-22(9-7-21)28(32)29-23-10-13-25(14-11-23)37(33,34)30-26-15-12-24(35-2)17-27(26)36-3/h6-15,17,20,30H,4-5,16,18-19H2,1-3H3,(H,29,32)/t20-/m1/s1. The van der Waals surface area contributed by atoms with Crippen LogP contribution in [-0.2, 0) is 16.6 Å². The number of hydrogen-bond donors (Lipinski definition) is 2. The predicted octanol–water partition coefficient (Wildman–Crippen LogP) is 4.99. The van der Waals surface area contributed by atoms with E-state index in [1.807, 2.05) is 24.3 Å². The Hall–Kier alpha value is -3.56. The van der Waals surface area contributed by atoms with Crippen molar-refractivity contribution in [1.29, 1.82) is 0 Å². The van der Waals surface area contributed by atoms with E-state index in [4.69, 9.17) is 9.47 Å². The second kappa shape index (κ2) is 11.7. The maximum Gasteiger partial charge on any atom is 0.262 e. The molecular weight excluding hydrogens is 490 g/mol. The highest BCUT2D eigenvalue weighted by Gasteiger charge is 2.18. The van der Waals surface area contributed by atoms with Gasteiger partial charge in [-0.25, -0.2) is 8.42 Å². The van der Waals surface area contributed by atoms with Crippen molar-refractivity contribution in [2.24, 2.45) is 5.92 Å². The molecule has 1 aliphatic rings. The Morgan fingerprint density at radius 3 is 2.38 bits per heavy atom. The minimum Gasteiger partial charge on any atom is -0.497 e. The Labute approximate surface area is 218 Å². The lowest BCUT2D eigenvalue weighted by Gasteiger charge is -2.30. The van der Waals surface area contributed by atoms with Crippen molar-refractivity contribution in [2.75, 3.05) is 37.3 Å². The molecule has 9 heteroatoms. The number of methoxy groups -OCH3 is 2. The fourth-order valence-corrected chi connectivity index (χ4v) is 5.53. The summed E-state index contributed by atoms with van der Waals surface area (Å²) in [6, 6.07) is 18.4. The first kappa shape index (κ1) is 26.5. The Balaban J connectivity index is 1.37. The quantitative estimate of drug-likeness (QED) is 0.410. The largest absolute Gasteiger partial charge is 0.497 e. The second-order valence-corrected chi connectivity index (χ2v) is 11.0. The molecule has 1 heterocycles. The van der Waals surface area contributed by atoms with Crippen molar-refractivity contribution in [1.82, 2.24) is 4.90 Å². The Morgan fingerprint density at radius 1 is 1.00 bits per heavy atom. The van der Waals surface area contributed by atoms with E-state index in [0.717, 1.165) is 25.6 Å². The molecule has 0 bridgehead atoms. The van der Waals surface area contributed by atoms with Crippen molar-refractivity contribution >= 4 is 27.3 Å². The molecule has 4 rings (SSSR count). The van der Waals surface area contributed by atoms with Crippen LogP contribution in [0.1, 0.15) is 35.7 Å². The molecule has 0 aromatic heterocycles. The fraction of sp³-hybridized carbons (Fsp3) is 0.321. The number of nitrogens with zero attached hydrogens (tertiary/aromatic N) is 1. The number of ether oxygens (including phenoxy) is 2. The van der Waals surface area contributed by atoms with Crippen LogP contribution in [0.5, 0.6) is 11.5 Å². The van der Waals surface area contributed by atoms with Crippen LogP contribution in [0, 0.1) is 5.92 Å². The van der Waals surface area contributed by atoms with E-state index in [0.29, 0.717) is 28.4 Å². The first-order valence-corrected chi connectivity index (χ1v) is 13.7. The van der Waals surface area contributed by atoms with Crippen LogP contribution in [-0.4, -0.2) is 46.5 Å². The summed E-state index contributed by atoms with van der Waals surface area (Å²) in [5.74, 6) is 1.35. The zero-order chi connectivity index (χ0) is 26.4. The van der Waals surface area contributed by atoms with Crippen molar-refractivity contribution in [3.63, 3.8) is 0 Å². The number of anilines is 2. The van der Waals surface area contributed by atoms with Crippen LogP contribution < -0.4 is 19.5 Å². The van der Waals surface area contributed by atoms with Crippen LogP contribution in [0.3, 0.4) is 0 Å². The number of carbonyl (C=O) groups is 1. The number of nitrogens with one attached hydrogen (secondary N) is 2. The van der Waals surface area contributed by atoms with Gasteiger partial charge in [0.05, 0.1) is 24.8 Å². The molecule has 8 nitrogen and oxygen atoms in total. The second-order valence-electron chi connectivity index (χ2n) is 9.33. The van der Waals surface area contributed by atoms with Crippen molar-refractivity contribution < 1.29 is 22.7 Å². The molecule has 37 heavy (non-hydrogen) atoms. The van der Waals surface area contributed by atoms with Crippen LogP contribution in [0.15, 0.2) is 71.6 Å². The molecule has 0 spiro atoms. The highest BCUT2D eigenvalue weighted by Crippen LogP contribution is 2.31. The smallest absolute Gasteiger partial charge is 0.262 e. The molecule has 1 fully saturated rings. The third-order valence-corrected chi connectivity index (χ3v) is 7.82. The van der Waals surface area contributed by atoms with Crippen LogP contribution in [0.4, 0.5) is 11.4 Å². The topological polar surface area (TPSA) is 97.0 Å². The molecule has 1 atom stereocenters. The number of rotatable bonds is 9. The summed E-state index contributed by atoms with van der Waals surface area (Å²) in [7, 11) is -0.901. The van der Waals surface area contributed by atoms with Gasteiger partial charge in [-0.1, -0.05) is 19.1 Å². The number of amides is 1. The van der Waals surface area contributed by atoms with E-state index in [2.05, 4.69) is 21.9 Å². The average molecular weight is 524 g/mol. The molecule has 0 unspecified atom stereocenters. The van der Waals surface area contributed by atoms with Gasteiger partial charge in [0.1, 0.15) is 11.5 Å². The van der Waals surface area contributed by atoms with E-state index < -0.39 is 10.0 Å². The van der Waals surface area contributed by atoms with Crippen molar-refractivity contribution in [3.8, 4) is 11.5 Å². The number of hydrogen-bond acceptors (Lipinski definition) is 6. The van der Waals surface area contributed by atoms with E-state index in [1.165, 1.54) is 44.8 Å². The van der Waals surface area contributed by atoms with Gasteiger partial charge in [0.2, 0.25) is 0 Å². The summed E-state index contributed by atoms with van der Waals surface area (Å²) in [5, 5.41) is 2.83. The number of carbonyl (C=O) groups excluding carboxylic acids is 1. The van der Waals surface area contributed by atoms with Gasteiger partial charge in [0, 0.05) is 30.4 Å². The lowest BCUT2D eigenvalue weighted by molar-refractivity contribution is 0.102. The minimum atomic E-state index is -3.87. The van der Waals surface area contributed by atoms with E-state index in [9.17, 15) is 13.2 Å². The molecule has 2 N–H and O–H groups in total. The highest BCUT2D eigenvalue weighted by atomic mass is 32.2. The van der Waals surface area contributed by atoms with Crippen LogP contribution >= 0.6 is 0 Å². The zero-order valence-corrected chi connectivity index (χ0v) is 22.2. The number of likely N-dealkylation sites (tertiary alicyclic amines) is 1. The van der Waals surface area contributed by atoms with Crippen molar-refractivity contribution in [2.45, 2.75) is 31.2 Å². The zero-order valence-electron chi connectivity index (χ0n) is 21.4.